The Morgan fingerprint density at radius 1 is 0.909 bits per heavy atom. The molecule has 5 heteroatoms. The molecule has 5 nitrogen and oxygen atoms in total. The predicted molar refractivity (Wildman–Crippen MR) is 80.3 cm³/mol. The van der Waals surface area contributed by atoms with Gasteiger partial charge in [0.2, 0.25) is 0 Å². The number of rotatable bonds is 3. The first-order valence-corrected chi connectivity index (χ1v) is 6.98. The maximum absolute atomic E-state index is 10.4. The molecule has 0 saturated heterocycles. The summed E-state index contributed by atoms with van der Waals surface area (Å²) in [5.74, 6) is 1.87. The lowest BCUT2D eigenvalue weighted by molar-refractivity contribution is -0.0700. The molecule has 1 aliphatic rings. The van der Waals surface area contributed by atoms with Gasteiger partial charge in [0.05, 0.1) is 14.2 Å². The van der Waals surface area contributed by atoms with E-state index in [-0.39, 0.29) is 0 Å². The van der Waals surface area contributed by atoms with Gasteiger partial charge in [0.15, 0.2) is 6.10 Å². The quantitative estimate of drug-likeness (QED) is 0.910. The van der Waals surface area contributed by atoms with Crippen LogP contribution in [0.5, 0.6) is 17.2 Å². The van der Waals surface area contributed by atoms with E-state index in [1.165, 1.54) is 0 Å². The van der Waals surface area contributed by atoms with Crippen LogP contribution in [0.3, 0.4) is 0 Å². The Hall–Kier alpha value is -2.24. The van der Waals surface area contributed by atoms with E-state index in [1.807, 2.05) is 12.1 Å². The van der Waals surface area contributed by atoms with Crippen LogP contribution in [0.25, 0.3) is 0 Å². The van der Waals surface area contributed by atoms with Crippen LogP contribution >= 0.6 is 0 Å². The summed E-state index contributed by atoms with van der Waals surface area (Å²) in [6.45, 7) is 0. The molecule has 0 amide bonds. The van der Waals surface area contributed by atoms with Gasteiger partial charge >= 0.3 is 0 Å². The minimum Gasteiger partial charge on any atom is -0.497 e. The number of aliphatic hydroxyl groups excluding tert-OH is 2. The fraction of sp³-hybridized carbons (Fsp3) is 0.294. The molecule has 1 aliphatic heterocycles. The molecule has 3 atom stereocenters. The van der Waals surface area contributed by atoms with E-state index in [2.05, 4.69) is 0 Å². The van der Waals surface area contributed by atoms with Crippen molar-refractivity contribution in [2.45, 2.75) is 18.3 Å². The lowest BCUT2D eigenvalue weighted by atomic mass is 9.92. The SMILES string of the molecule is COc1ccc([C@@H]2Oc3cc(OC)ccc3[C@@H](O)[C@H]2O)cc1. The Morgan fingerprint density at radius 3 is 2.18 bits per heavy atom. The molecule has 0 spiro atoms. The van der Waals surface area contributed by atoms with Gasteiger partial charge in [0.25, 0.3) is 0 Å². The molecule has 116 valence electrons. The van der Waals surface area contributed by atoms with Crippen LogP contribution in [0.1, 0.15) is 23.3 Å². The van der Waals surface area contributed by atoms with Crippen molar-refractivity contribution in [3.05, 3.63) is 53.6 Å². The van der Waals surface area contributed by atoms with Crippen LogP contribution < -0.4 is 14.2 Å². The highest BCUT2D eigenvalue weighted by atomic mass is 16.5. The smallest absolute Gasteiger partial charge is 0.152 e. The zero-order valence-electron chi connectivity index (χ0n) is 12.4. The number of ether oxygens (including phenoxy) is 3. The fourth-order valence-electron chi connectivity index (χ4n) is 2.60. The molecule has 1 heterocycles. The molecule has 2 N–H and O–H groups in total. The summed E-state index contributed by atoms with van der Waals surface area (Å²) in [4.78, 5) is 0. The van der Waals surface area contributed by atoms with Gasteiger partial charge in [-0.1, -0.05) is 12.1 Å². The second-order valence-corrected chi connectivity index (χ2v) is 5.15. The zero-order valence-corrected chi connectivity index (χ0v) is 12.4. The van der Waals surface area contributed by atoms with Gasteiger partial charge in [-0.15, -0.1) is 0 Å². The molecule has 0 fully saturated rings. The first-order chi connectivity index (χ1) is 10.6. The van der Waals surface area contributed by atoms with Crippen molar-refractivity contribution < 1.29 is 24.4 Å². The number of aliphatic hydroxyl groups is 2. The highest BCUT2D eigenvalue weighted by Crippen LogP contribution is 2.42. The fourth-order valence-corrected chi connectivity index (χ4v) is 2.60. The van der Waals surface area contributed by atoms with E-state index in [0.29, 0.717) is 17.1 Å². The molecule has 22 heavy (non-hydrogen) atoms. The molecule has 0 bridgehead atoms. The molecule has 0 unspecified atom stereocenters. The summed E-state index contributed by atoms with van der Waals surface area (Å²) in [7, 11) is 3.16. The van der Waals surface area contributed by atoms with Gasteiger partial charge in [0, 0.05) is 11.6 Å². The molecule has 2 aromatic rings. The van der Waals surface area contributed by atoms with Crippen LogP contribution in [-0.4, -0.2) is 30.5 Å². The number of fused-ring (bicyclic) bond motifs is 1. The van der Waals surface area contributed by atoms with E-state index < -0.39 is 18.3 Å². The van der Waals surface area contributed by atoms with Gasteiger partial charge in [-0.25, -0.2) is 0 Å². The third kappa shape index (κ3) is 2.49. The predicted octanol–water partition coefficient (Wildman–Crippen LogP) is 2.23. The lowest BCUT2D eigenvalue weighted by Crippen LogP contribution is -2.34. The molecular weight excluding hydrogens is 284 g/mol. The Morgan fingerprint density at radius 2 is 1.55 bits per heavy atom. The molecule has 0 aromatic heterocycles. The van der Waals surface area contributed by atoms with Gasteiger partial charge in [-0.3, -0.25) is 0 Å². The minimum atomic E-state index is -1.05. The Bertz CT molecular complexity index is 653. The van der Waals surface area contributed by atoms with Crippen LogP contribution in [0, 0.1) is 0 Å². The number of benzene rings is 2. The van der Waals surface area contributed by atoms with Gasteiger partial charge in [-0.05, 0) is 29.8 Å². The van der Waals surface area contributed by atoms with Crippen molar-refractivity contribution in [2.24, 2.45) is 0 Å². The van der Waals surface area contributed by atoms with Crippen LogP contribution in [0.15, 0.2) is 42.5 Å². The van der Waals surface area contributed by atoms with Crippen molar-refractivity contribution >= 4 is 0 Å². The number of methoxy groups -OCH3 is 2. The summed E-state index contributed by atoms with van der Waals surface area (Å²) in [6.07, 6.45) is -2.71. The molecule has 0 aliphatic carbocycles. The van der Waals surface area contributed by atoms with Crippen molar-refractivity contribution in [3.8, 4) is 17.2 Å². The average Bonchev–Trinajstić information content (AvgIpc) is 2.57. The number of hydrogen-bond acceptors (Lipinski definition) is 5. The van der Waals surface area contributed by atoms with Gasteiger partial charge < -0.3 is 24.4 Å². The summed E-state index contributed by atoms with van der Waals surface area (Å²) in [5, 5.41) is 20.7. The van der Waals surface area contributed by atoms with Crippen LogP contribution in [0.2, 0.25) is 0 Å². The van der Waals surface area contributed by atoms with E-state index in [4.69, 9.17) is 14.2 Å². The van der Waals surface area contributed by atoms with Crippen molar-refractivity contribution in [1.29, 1.82) is 0 Å². The summed E-state index contributed by atoms with van der Waals surface area (Å²) in [6, 6.07) is 12.3. The van der Waals surface area contributed by atoms with Gasteiger partial charge in [-0.2, -0.15) is 0 Å². The Labute approximate surface area is 128 Å². The van der Waals surface area contributed by atoms with Crippen LogP contribution in [-0.2, 0) is 0 Å². The van der Waals surface area contributed by atoms with Crippen molar-refractivity contribution in [2.75, 3.05) is 14.2 Å². The van der Waals surface area contributed by atoms with Crippen molar-refractivity contribution in [3.63, 3.8) is 0 Å². The molecule has 2 aromatic carbocycles. The Kier molecular flexibility index (Phi) is 3.92. The third-order valence-electron chi connectivity index (χ3n) is 3.87. The largest absolute Gasteiger partial charge is 0.497 e. The number of hydrogen-bond donors (Lipinski definition) is 2. The Balaban J connectivity index is 1.95. The standard InChI is InChI=1S/C17H18O5/c1-20-11-5-3-10(4-6-11)17-16(19)15(18)13-8-7-12(21-2)9-14(13)22-17/h3-9,15-19H,1-2H3/t15-,16-,17+/m1/s1. The lowest BCUT2D eigenvalue weighted by Gasteiger charge is -2.34. The first kappa shape index (κ1) is 14.7. The van der Waals surface area contributed by atoms with Gasteiger partial charge in [0.1, 0.15) is 29.5 Å². The topological polar surface area (TPSA) is 68.2 Å². The molecular formula is C17H18O5. The van der Waals surface area contributed by atoms with E-state index >= 15 is 0 Å². The monoisotopic (exact) mass is 302 g/mol. The molecule has 0 saturated carbocycles. The maximum atomic E-state index is 10.4. The zero-order chi connectivity index (χ0) is 15.7. The van der Waals surface area contributed by atoms with E-state index in [0.717, 1.165) is 11.3 Å². The highest BCUT2D eigenvalue weighted by molar-refractivity contribution is 5.45. The first-order valence-electron chi connectivity index (χ1n) is 6.98. The second-order valence-electron chi connectivity index (χ2n) is 5.15. The highest BCUT2D eigenvalue weighted by Gasteiger charge is 2.37. The minimum absolute atomic E-state index is 0.512. The van der Waals surface area contributed by atoms with E-state index in [1.54, 1.807) is 44.6 Å². The molecule has 3 rings (SSSR count). The molecule has 0 radical (unpaired) electrons. The average molecular weight is 302 g/mol. The maximum Gasteiger partial charge on any atom is 0.152 e. The normalized spacial score (nSPS) is 23.4. The second kappa shape index (κ2) is 5.87. The third-order valence-corrected chi connectivity index (χ3v) is 3.87. The van der Waals surface area contributed by atoms with Crippen LogP contribution in [0.4, 0.5) is 0 Å². The van der Waals surface area contributed by atoms with E-state index in [9.17, 15) is 10.2 Å². The van der Waals surface area contributed by atoms with Crippen molar-refractivity contribution in [1.82, 2.24) is 0 Å². The summed E-state index contributed by atoms with van der Waals surface area (Å²) >= 11 is 0. The summed E-state index contributed by atoms with van der Waals surface area (Å²) < 4.78 is 16.2. The summed E-state index contributed by atoms with van der Waals surface area (Å²) in [5.41, 5.74) is 1.32.